The summed E-state index contributed by atoms with van der Waals surface area (Å²) in [4.78, 5) is 15.6. The SMILES string of the molecule is O=C(O)c1ccc(-c2cccc3ccncc23)n1C1CC1. The van der Waals surface area contributed by atoms with Crippen LogP contribution in [0, 0.1) is 0 Å². The van der Waals surface area contributed by atoms with Crippen molar-refractivity contribution in [2.75, 3.05) is 0 Å². The third kappa shape index (κ3) is 1.91. The molecule has 0 aliphatic heterocycles. The molecule has 0 bridgehead atoms. The maximum absolute atomic E-state index is 11.4. The van der Waals surface area contributed by atoms with Crippen molar-refractivity contribution in [1.29, 1.82) is 0 Å². The van der Waals surface area contributed by atoms with Crippen LogP contribution in [0.15, 0.2) is 48.8 Å². The van der Waals surface area contributed by atoms with Gasteiger partial charge in [0.15, 0.2) is 0 Å². The fourth-order valence-electron chi connectivity index (χ4n) is 2.90. The second-order valence-corrected chi connectivity index (χ2v) is 5.41. The lowest BCUT2D eigenvalue weighted by Crippen LogP contribution is -2.08. The van der Waals surface area contributed by atoms with Crippen LogP contribution < -0.4 is 0 Å². The summed E-state index contributed by atoms with van der Waals surface area (Å²) in [5, 5.41) is 11.5. The molecule has 1 aliphatic carbocycles. The van der Waals surface area contributed by atoms with E-state index in [0.29, 0.717) is 11.7 Å². The van der Waals surface area contributed by atoms with Crippen molar-refractivity contribution >= 4 is 16.7 Å². The van der Waals surface area contributed by atoms with Crippen LogP contribution in [0.3, 0.4) is 0 Å². The van der Waals surface area contributed by atoms with Crippen molar-refractivity contribution in [2.24, 2.45) is 0 Å². The highest BCUT2D eigenvalue weighted by atomic mass is 16.4. The first-order valence-electron chi connectivity index (χ1n) is 7.03. The summed E-state index contributed by atoms with van der Waals surface area (Å²) < 4.78 is 1.96. The molecule has 1 fully saturated rings. The maximum Gasteiger partial charge on any atom is 0.352 e. The van der Waals surface area contributed by atoms with Crippen LogP contribution in [-0.2, 0) is 0 Å². The average Bonchev–Trinajstić information content (AvgIpc) is 3.25. The fraction of sp³-hybridized carbons (Fsp3) is 0.176. The van der Waals surface area contributed by atoms with Crippen LogP contribution in [0.4, 0.5) is 0 Å². The number of carbonyl (C=O) groups is 1. The van der Waals surface area contributed by atoms with Gasteiger partial charge in [-0.05, 0) is 36.4 Å². The predicted octanol–water partition coefficient (Wildman–Crippen LogP) is 3.74. The Morgan fingerprint density at radius 2 is 2.05 bits per heavy atom. The lowest BCUT2D eigenvalue weighted by molar-refractivity contribution is 0.0685. The number of rotatable bonds is 3. The molecule has 0 spiro atoms. The summed E-state index contributed by atoms with van der Waals surface area (Å²) in [7, 11) is 0. The minimum atomic E-state index is -0.869. The highest BCUT2D eigenvalue weighted by Gasteiger charge is 2.30. The molecule has 4 rings (SSSR count). The third-order valence-electron chi connectivity index (χ3n) is 4.01. The van der Waals surface area contributed by atoms with E-state index in [0.717, 1.165) is 34.9 Å². The van der Waals surface area contributed by atoms with Gasteiger partial charge in [0, 0.05) is 35.1 Å². The van der Waals surface area contributed by atoms with E-state index in [1.807, 2.05) is 41.1 Å². The molecule has 4 nitrogen and oxygen atoms in total. The Morgan fingerprint density at radius 1 is 1.19 bits per heavy atom. The highest BCUT2D eigenvalue weighted by Crippen LogP contribution is 2.41. The smallest absolute Gasteiger partial charge is 0.352 e. The monoisotopic (exact) mass is 278 g/mol. The van der Waals surface area contributed by atoms with Gasteiger partial charge < -0.3 is 9.67 Å². The molecule has 104 valence electrons. The zero-order valence-corrected chi connectivity index (χ0v) is 11.4. The normalized spacial score (nSPS) is 14.5. The van der Waals surface area contributed by atoms with E-state index in [4.69, 9.17) is 0 Å². The molecule has 21 heavy (non-hydrogen) atoms. The molecule has 1 saturated carbocycles. The lowest BCUT2D eigenvalue weighted by Gasteiger charge is -2.12. The Balaban J connectivity index is 1.99. The summed E-state index contributed by atoms with van der Waals surface area (Å²) in [6.07, 6.45) is 5.71. The minimum absolute atomic E-state index is 0.313. The van der Waals surface area contributed by atoms with Gasteiger partial charge in [-0.1, -0.05) is 18.2 Å². The van der Waals surface area contributed by atoms with Gasteiger partial charge in [0.2, 0.25) is 0 Å². The second-order valence-electron chi connectivity index (χ2n) is 5.41. The average molecular weight is 278 g/mol. The molecule has 4 heteroatoms. The molecule has 0 amide bonds. The third-order valence-corrected chi connectivity index (χ3v) is 4.01. The Labute approximate surface area is 121 Å². The summed E-state index contributed by atoms with van der Waals surface area (Å²) in [6, 6.07) is 12.0. The summed E-state index contributed by atoms with van der Waals surface area (Å²) in [5.41, 5.74) is 2.38. The Hall–Kier alpha value is -2.62. The number of hydrogen-bond acceptors (Lipinski definition) is 2. The molecular formula is C17H14N2O2. The molecular weight excluding hydrogens is 264 g/mol. The number of hydrogen-bond donors (Lipinski definition) is 1. The standard InChI is InChI=1S/C17H14N2O2/c20-17(21)16-7-6-15(19(16)12-4-5-12)13-3-1-2-11-8-9-18-10-14(11)13/h1-3,6-10,12H,4-5H2,(H,20,21). The van der Waals surface area contributed by atoms with Gasteiger partial charge in [-0.25, -0.2) is 4.79 Å². The number of nitrogens with zero attached hydrogens (tertiary/aromatic N) is 2. The molecule has 1 N–H and O–H groups in total. The van der Waals surface area contributed by atoms with E-state index in [2.05, 4.69) is 4.98 Å². The number of aromatic nitrogens is 2. The number of pyridine rings is 1. The van der Waals surface area contributed by atoms with Crippen molar-refractivity contribution in [3.8, 4) is 11.3 Å². The van der Waals surface area contributed by atoms with Gasteiger partial charge in [0.1, 0.15) is 5.69 Å². The topological polar surface area (TPSA) is 55.1 Å². The van der Waals surface area contributed by atoms with Gasteiger partial charge >= 0.3 is 5.97 Å². The molecule has 3 aromatic rings. The molecule has 1 aliphatic rings. The van der Waals surface area contributed by atoms with Crippen molar-refractivity contribution in [2.45, 2.75) is 18.9 Å². The summed E-state index contributed by atoms with van der Waals surface area (Å²) in [6.45, 7) is 0. The Bertz CT molecular complexity index is 842. The number of fused-ring (bicyclic) bond motifs is 1. The molecule has 0 saturated heterocycles. The van der Waals surface area contributed by atoms with E-state index in [-0.39, 0.29) is 0 Å². The van der Waals surface area contributed by atoms with Crippen molar-refractivity contribution < 1.29 is 9.90 Å². The molecule has 0 radical (unpaired) electrons. The maximum atomic E-state index is 11.4. The van der Waals surface area contributed by atoms with Crippen LogP contribution in [0.2, 0.25) is 0 Å². The Kier molecular flexibility index (Phi) is 2.57. The van der Waals surface area contributed by atoms with E-state index >= 15 is 0 Å². The summed E-state index contributed by atoms with van der Waals surface area (Å²) in [5.74, 6) is -0.869. The number of carboxylic acid groups (broad SMARTS) is 1. The minimum Gasteiger partial charge on any atom is -0.477 e. The number of carboxylic acids is 1. The van der Waals surface area contributed by atoms with E-state index < -0.39 is 5.97 Å². The van der Waals surface area contributed by atoms with Crippen molar-refractivity contribution in [3.63, 3.8) is 0 Å². The second kappa shape index (κ2) is 4.45. The van der Waals surface area contributed by atoms with Gasteiger partial charge in [-0.3, -0.25) is 4.98 Å². The van der Waals surface area contributed by atoms with Crippen LogP contribution >= 0.6 is 0 Å². The first-order valence-corrected chi connectivity index (χ1v) is 7.03. The fourth-order valence-corrected chi connectivity index (χ4v) is 2.90. The largest absolute Gasteiger partial charge is 0.477 e. The predicted molar refractivity (Wildman–Crippen MR) is 80.4 cm³/mol. The summed E-state index contributed by atoms with van der Waals surface area (Å²) >= 11 is 0. The van der Waals surface area contributed by atoms with E-state index in [1.54, 1.807) is 12.3 Å². The zero-order chi connectivity index (χ0) is 14.4. The lowest BCUT2D eigenvalue weighted by atomic mass is 10.0. The zero-order valence-electron chi connectivity index (χ0n) is 11.4. The van der Waals surface area contributed by atoms with Crippen LogP contribution in [0.5, 0.6) is 0 Å². The van der Waals surface area contributed by atoms with Crippen molar-refractivity contribution in [1.82, 2.24) is 9.55 Å². The van der Waals surface area contributed by atoms with Crippen LogP contribution in [0.25, 0.3) is 22.0 Å². The van der Waals surface area contributed by atoms with E-state index in [9.17, 15) is 9.90 Å². The molecule has 2 heterocycles. The van der Waals surface area contributed by atoms with Crippen LogP contribution in [0.1, 0.15) is 29.4 Å². The Morgan fingerprint density at radius 3 is 2.81 bits per heavy atom. The van der Waals surface area contributed by atoms with Gasteiger partial charge in [0.25, 0.3) is 0 Å². The van der Waals surface area contributed by atoms with Gasteiger partial charge in [-0.2, -0.15) is 0 Å². The first kappa shape index (κ1) is 12.1. The molecule has 0 unspecified atom stereocenters. The number of aromatic carboxylic acids is 1. The molecule has 2 aromatic heterocycles. The number of benzene rings is 1. The highest BCUT2D eigenvalue weighted by molar-refractivity contribution is 5.96. The van der Waals surface area contributed by atoms with Gasteiger partial charge in [-0.15, -0.1) is 0 Å². The van der Waals surface area contributed by atoms with Crippen LogP contribution in [-0.4, -0.2) is 20.6 Å². The first-order chi connectivity index (χ1) is 10.3. The van der Waals surface area contributed by atoms with Gasteiger partial charge in [0.05, 0.1) is 0 Å². The molecule has 0 atom stereocenters. The van der Waals surface area contributed by atoms with Crippen molar-refractivity contribution in [3.05, 3.63) is 54.5 Å². The quantitative estimate of drug-likeness (QED) is 0.794. The molecule has 1 aromatic carbocycles. The van der Waals surface area contributed by atoms with E-state index in [1.165, 1.54) is 0 Å².